The van der Waals surface area contributed by atoms with Crippen molar-refractivity contribution in [3.63, 3.8) is 0 Å². The van der Waals surface area contributed by atoms with Crippen LogP contribution in [0.25, 0.3) is 0 Å². The van der Waals surface area contributed by atoms with Gasteiger partial charge in [0.25, 0.3) is 0 Å². The Balaban J connectivity index is 1.99. The Hall–Kier alpha value is -0.830. The van der Waals surface area contributed by atoms with E-state index < -0.39 is 0 Å². The van der Waals surface area contributed by atoms with E-state index in [1.165, 1.54) is 44.9 Å². The van der Waals surface area contributed by atoms with E-state index in [1.807, 2.05) is 11.8 Å². The predicted octanol–water partition coefficient (Wildman–Crippen LogP) is 3.74. The van der Waals surface area contributed by atoms with Crippen LogP contribution >= 0.6 is 0 Å². The smallest absolute Gasteiger partial charge is 0.125 e. The Labute approximate surface area is 118 Å². The molecule has 0 bridgehead atoms. The molecule has 0 saturated carbocycles. The highest BCUT2D eigenvalue weighted by molar-refractivity contribution is 5.83. The number of allylic oxidation sites excluding steroid dienone is 2. The van der Waals surface area contributed by atoms with Gasteiger partial charge >= 0.3 is 0 Å². The number of amidine groups is 1. The van der Waals surface area contributed by atoms with E-state index in [2.05, 4.69) is 24.1 Å². The van der Waals surface area contributed by atoms with Crippen molar-refractivity contribution < 1.29 is 5.11 Å². The van der Waals surface area contributed by atoms with Crippen LogP contribution in [0.15, 0.2) is 17.1 Å². The molecule has 0 aromatic heterocycles. The zero-order valence-corrected chi connectivity index (χ0v) is 12.6. The van der Waals surface area contributed by atoms with Crippen LogP contribution in [0, 0.1) is 0 Å². The number of hydrogen-bond acceptors (Lipinski definition) is 3. The summed E-state index contributed by atoms with van der Waals surface area (Å²) in [6, 6.07) is 0. The van der Waals surface area contributed by atoms with Crippen LogP contribution in [0.3, 0.4) is 0 Å². The van der Waals surface area contributed by atoms with E-state index in [-0.39, 0.29) is 6.23 Å². The lowest BCUT2D eigenvalue weighted by Gasteiger charge is -2.23. The fourth-order valence-corrected chi connectivity index (χ4v) is 2.43. The fraction of sp³-hybridized carbons (Fsp3) is 0.812. The molecular formula is C16H30N2O. The van der Waals surface area contributed by atoms with Crippen molar-refractivity contribution in [1.29, 1.82) is 0 Å². The molecule has 1 aliphatic heterocycles. The summed E-state index contributed by atoms with van der Waals surface area (Å²) in [5.74, 6) is 1.11. The average molecular weight is 266 g/mol. The highest BCUT2D eigenvalue weighted by Gasteiger charge is 2.19. The third-order valence-electron chi connectivity index (χ3n) is 3.56. The summed E-state index contributed by atoms with van der Waals surface area (Å²) >= 11 is 0. The molecule has 0 aromatic carbocycles. The minimum absolute atomic E-state index is 0.384. The zero-order chi connectivity index (χ0) is 13.9. The molecule has 0 spiro atoms. The van der Waals surface area contributed by atoms with E-state index in [0.717, 1.165) is 25.3 Å². The number of aliphatic hydroxyl groups excluding tert-OH is 1. The first-order chi connectivity index (χ1) is 9.25. The highest BCUT2D eigenvalue weighted by Crippen LogP contribution is 2.13. The Kier molecular flexibility index (Phi) is 8.55. The van der Waals surface area contributed by atoms with Gasteiger partial charge in [-0.3, -0.25) is 4.99 Å². The van der Waals surface area contributed by atoms with Crippen LogP contribution in [0.5, 0.6) is 0 Å². The maximum Gasteiger partial charge on any atom is 0.125 e. The van der Waals surface area contributed by atoms with Gasteiger partial charge in [0.05, 0.1) is 6.54 Å². The molecule has 0 aromatic rings. The second-order valence-corrected chi connectivity index (χ2v) is 5.34. The van der Waals surface area contributed by atoms with E-state index >= 15 is 0 Å². The number of unbranched alkanes of at least 4 members (excludes halogenated alkanes) is 5. The maximum absolute atomic E-state index is 9.60. The van der Waals surface area contributed by atoms with Crippen LogP contribution in [0.1, 0.15) is 65.2 Å². The SMILES string of the molecule is CCC/C=C/CCCCCCC1=NCCN1C(C)O. The lowest BCUT2D eigenvalue weighted by Crippen LogP contribution is -2.35. The molecule has 110 valence electrons. The van der Waals surface area contributed by atoms with E-state index in [9.17, 15) is 5.11 Å². The lowest BCUT2D eigenvalue weighted by atomic mass is 10.1. The topological polar surface area (TPSA) is 35.8 Å². The van der Waals surface area contributed by atoms with Crippen molar-refractivity contribution in [3.05, 3.63) is 12.2 Å². The summed E-state index contributed by atoms with van der Waals surface area (Å²) in [6.07, 6.45) is 14.0. The van der Waals surface area contributed by atoms with Gasteiger partial charge in [-0.1, -0.05) is 38.3 Å². The van der Waals surface area contributed by atoms with Crippen molar-refractivity contribution in [1.82, 2.24) is 4.90 Å². The molecule has 1 atom stereocenters. The average Bonchev–Trinajstić information content (AvgIpc) is 2.85. The molecule has 0 fully saturated rings. The second-order valence-electron chi connectivity index (χ2n) is 5.34. The van der Waals surface area contributed by atoms with Crippen LogP contribution in [0.2, 0.25) is 0 Å². The van der Waals surface area contributed by atoms with Gasteiger partial charge in [0, 0.05) is 13.0 Å². The molecule has 3 nitrogen and oxygen atoms in total. The Morgan fingerprint density at radius 2 is 1.95 bits per heavy atom. The molecule has 0 amide bonds. The van der Waals surface area contributed by atoms with Crippen LogP contribution in [-0.4, -0.2) is 35.2 Å². The molecule has 1 heterocycles. The number of rotatable bonds is 10. The third kappa shape index (κ3) is 6.76. The summed E-state index contributed by atoms with van der Waals surface area (Å²) < 4.78 is 0. The van der Waals surface area contributed by atoms with Gasteiger partial charge in [-0.25, -0.2) is 0 Å². The molecule has 19 heavy (non-hydrogen) atoms. The molecule has 0 saturated heterocycles. The Morgan fingerprint density at radius 1 is 1.21 bits per heavy atom. The van der Waals surface area contributed by atoms with Gasteiger partial charge in [0.2, 0.25) is 0 Å². The third-order valence-corrected chi connectivity index (χ3v) is 3.56. The Morgan fingerprint density at radius 3 is 2.68 bits per heavy atom. The minimum atomic E-state index is -0.384. The summed E-state index contributed by atoms with van der Waals surface area (Å²) in [4.78, 5) is 6.50. The van der Waals surface area contributed by atoms with Crippen molar-refractivity contribution in [2.75, 3.05) is 13.1 Å². The Bertz CT molecular complexity index is 284. The molecule has 3 heteroatoms. The van der Waals surface area contributed by atoms with E-state index in [1.54, 1.807) is 0 Å². The van der Waals surface area contributed by atoms with Crippen molar-refractivity contribution >= 4 is 5.84 Å². The summed E-state index contributed by atoms with van der Waals surface area (Å²) in [5.41, 5.74) is 0. The van der Waals surface area contributed by atoms with Crippen molar-refractivity contribution in [3.8, 4) is 0 Å². The molecule has 1 rings (SSSR count). The fourth-order valence-electron chi connectivity index (χ4n) is 2.43. The standard InChI is InChI=1S/C16H30N2O/c1-3-4-5-6-7-8-9-10-11-12-16-17-13-14-18(16)15(2)19/h5-6,15,19H,3-4,7-14H2,1-2H3/b6-5+. The van der Waals surface area contributed by atoms with Gasteiger partial charge < -0.3 is 10.0 Å². The second kappa shape index (κ2) is 10.0. The van der Waals surface area contributed by atoms with Gasteiger partial charge in [-0.05, 0) is 32.6 Å². The number of hydrogen-bond donors (Lipinski definition) is 1. The van der Waals surface area contributed by atoms with Gasteiger partial charge in [0.1, 0.15) is 12.1 Å². The molecule has 0 radical (unpaired) electrons. The molecular weight excluding hydrogens is 236 g/mol. The van der Waals surface area contributed by atoms with Crippen LogP contribution in [0.4, 0.5) is 0 Å². The first-order valence-corrected chi connectivity index (χ1v) is 7.88. The van der Waals surface area contributed by atoms with Crippen molar-refractivity contribution in [2.45, 2.75) is 71.4 Å². The number of nitrogens with zero attached hydrogens (tertiary/aromatic N) is 2. The summed E-state index contributed by atoms with van der Waals surface area (Å²) in [5, 5.41) is 9.60. The first-order valence-electron chi connectivity index (χ1n) is 7.88. The quantitative estimate of drug-likeness (QED) is 0.483. The molecule has 1 unspecified atom stereocenters. The van der Waals surface area contributed by atoms with Crippen molar-refractivity contribution in [2.24, 2.45) is 4.99 Å². The number of aliphatic imine (C=N–C) groups is 1. The first kappa shape index (κ1) is 16.2. The van der Waals surface area contributed by atoms with Crippen LogP contribution < -0.4 is 0 Å². The van der Waals surface area contributed by atoms with Gasteiger partial charge in [0.15, 0.2) is 0 Å². The molecule has 1 aliphatic rings. The largest absolute Gasteiger partial charge is 0.374 e. The van der Waals surface area contributed by atoms with Crippen LogP contribution in [-0.2, 0) is 0 Å². The predicted molar refractivity (Wildman–Crippen MR) is 82.4 cm³/mol. The summed E-state index contributed by atoms with van der Waals surface area (Å²) in [7, 11) is 0. The van der Waals surface area contributed by atoms with E-state index in [4.69, 9.17) is 0 Å². The molecule has 1 N–H and O–H groups in total. The maximum atomic E-state index is 9.60. The monoisotopic (exact) mass is 266 g/mol. The van der Waals surface area contributed by atoms with E-state index in [0.29, 0.717) is 0 Å². The van der Waals surface area contributed by atoms with Gasteiger partial charge in [-0.15, -0.1) is 0 Å². The highest BCUT2D eigenvalue weighted by atomic mass is 16.3. The normalized spacial score (nSPS) is 17.2. The van der Waals surface area contributed by atoms with Gasteiger partial charge in [-0.2, -0.15) is 0 Å². The minimum Gasteiger partial charge on any atom is -0.374 e. The zero-order valence-electron chi connectivity index (χ0n) is 12.6. The number of aliphatic hydroxyl groups is 1. The lowest BCUT2D eigenvalue weighted by molar-refractivity contribution is 0.0766. The molecule has 0 aliphatic carbocycles. The summed E-state index contributed by atoms with van der Waals surface area (Å²) in [6.45, 7) is 5.77.